The van der Waals surface area contributed by atoms with Crippen LogP contribution in [0.1, 0.15) is 18.1 Å². The highest BCUT2D eigenvalue weighted by molar-refractivity contribution is 5.77. The van der Waals surface area contributed by atoms with Gasteiger partial charge >= 0.3 is 0 Å². The lowest BCUT2D eigenvalue weighted by Gasteiger charge is -2.05. The molecule has 1 heterocycles. The summed E-state index contributed by atoms with van der Waals surface area (Å²) in [6.07, 6.45) is 1.89. The zero-order chi connectivity index (χ0) is 11.5. The Labute approximate surface area is 96.1 Å². The molecule has 0 unspecified atom stereocenters. The maximum Gasteiger partial charge on any atom is 0.0959 e. The first-order valence-electron chi connectivity index (χ1n) is 5.72. The molecule has 2 aromatic rings. The number of aromatic nitrogens is 2. The number of fused-ring (bicyclic) bond motifs is 1. The summed E-state index contributed by atoms with van der Waals surface area (Å²) in [5.74, 6) is 0. The monoisotopic (exact) mass is 218 g/mol. The minimum atomic E-state index is 0.745. The van der Waals surface area contributed by atoms with Crippen molar-refractivity contribution in [2.45, 2.75) is 27.3 Å². The Kier molecular flexibility index (Phi) is 3.25. The summed E-state index contributed by atoms with van der Waals surface area (Å²) in [6, 6.07) is 4.34. The Bertz CT molecular complexity index is 488. The van der Waals surface area contributed by atoms with E-state index in [1.165, 1.54) is 16.6 Å². The van der Waals surface area contributed by atoms with E-state index in [9.17, 15) is 0 Å². The summed E-state index contributed by atoms with van der Waals surface area (Å²) < 4.78 is 7.51. The molecule has 3 heteroatoms. The maximum absolute atomic E-state index is 5.36. The molecular formula is C13H18N2O. The van der Waals surface area contributed by atoms with Gasteiger partial charge in [-0.05, 0) is 44.0 Å². The van der Waals surface area contributed by atoms with Crippen LogP contribution >= 0.6 is 0 Å². The van der Waals surface area contributed by atoms with Crippen molar-refractivity contribution < 1.29 is 4.74 Å². The molecule has 0 radical (unpaired) electrons. The Morgan fingerprint density at radius 3 is 2.75 bits per heavy atom. The zero-order valence-electron chi connectivity index (χ0n) is 10.2. The van der Waals surface area contributed by atoms with Gasteiger partial charge in [0.15, 0.2) is 0 Å². The number of nitrogens with zero attached hydrogens (tertiary/aromatic N) is 2. The largest absolute Gasteiger partial charge is 0.380 e. The van der Waals surface area contributed by atoms with Gasteiger partial charge in [0.25, 0.3) is 0 Å². The maximum atomic E-state index is 5.36. The third kappa shape index (κ3) is 2.09. The van der Waals surface area contributed by atoms with E-state index >= 15 is 0 Å². The molecule has 86 valence electrons. The topological polar surface area (TPSA) is 27.1 Å². The lowest BCUT2D eigenvalue weighted by Crippen LogP contribution is -2.04. The molecule has 0 aliphatic heterocycles. The van der Waals surface area contributed by atoms with Crippen molar-refractivity contribution in [3.05, 3.63) is 29.6 Å². The van der Waals surface area contributed by atoms with Crippen LogP contribution in [0.25, 0.3) is 11.0 Å². The third-order valence-corrected chi connectivity index (χ3v) is 2.92. The van der Waals surface area contributed by atoms with Crippen LogP contribution in [0.15, 0.2) is 18.5 Å². The number of hydrogen-bond donors (Lipinski definition) is 0. The third-order valence-electron chi connectivity index (χ3n) is 2.92. The molecular weight excluding hydrogens is 200 g/mol. The number of imidazole rings is 1. The molecule has 1 aromatic heterocycles. The Morgan fingerprint density at radius 2 is 2.00 bits per heavy atom. The van der Waals surface area contributed by atoms with Gasteiger partial charge in [-0.1, -0.05) is 0 Å². The van der Waals surface area contributed by atoms with Gasteiger partial charge in [0.1, 0.15) is 0 Å². The summed E-state index contributed by atoms with van der Waals surface area (Å²) in [5, 5.41) is 0. The molecule has 0 atom stereocenters. The van der Waals surface area contributed by atoms with Gasteiger partial charge < -0.3 is 9.30 Å². The van der Waals surface area contributed by atoms with Crippen molar-refractivity contribution in [1.82, 2.24) is 9.55 Å². The lowest BCUT2D eigenvalue weighted by atomic mass is 10.1. The molecule has 3 nitrogen and oxygen atoms in total. The summed E-state index contributed by atoms with van der Waals surface area (Å²) in [7, 11) is 0. The van der Waals surface area contributed by atoms with Crippen LogP contribution < -0.4 is 0 Å². The second-order valence-electron chi connectivity index (χ2n) is 4.06. The lowest BCUT2D eigenvalue weighted by molar-refractivity contribution is 0.140. The quantitative estimate of drug-likeness (QED) is 0.738. The van der Waals surface area contributed by atoms with Crippen molar-refractivity contribution in [3.63, 3.8) is 0 Å². The normalized spacial score (nSPS) is 11.2. The van der Waals surface area contributed by atoms with E-state index in [0.29, 0.717) is 0 Å². The fourth-order valence-corrected chi connectivity index (χ4v) is 1.80. The minimum absolute atomic E-state index is 0.745. The van der Waals surface area contributed by atoms with E-state index in [1.54, 1.807) is 0 Å². The van der Waals surface area contributed by atoms with Crippen LogP contribution in [0.5, 0.6) is 0 Å². The Balaban J connectivity index is 2.29. The first-order valence-corrected chi connectivity index (χ1v) is 5.72. The Hall–Kier alpha value is -1.35. The standard InChI is InChI=1S/C13H18N2O/c1-4-16-6-5-15-9-14-12-7-10(2)11(3)8-13(12)15/h7-9H,4-6H2,1-3H3. The van der Waals surface area contributed by atoms with Gasteiger partial charge in [-0.25, -0.2) is 4.98 Å². The molecule has 0 fully saturated rings. The highest BCUT2D eigenvalue weighted by Gasteiger charge is 2.04. The summed E-state index contributed by atoms with van der Waals surface area (Å²) in [4.78, 5) is 4.41. The first-order chi connectivity index (χ1) is 7.72. The molecule has 16 heavy (non-hydrogen) atoms. The number of benzene rings is 1. The van der Waals surface area contributed by atoms with Crippen LogP contribution in [-0.2, 0) is 11.3 Å². The van der Waals surface area contributed by atoms with Crippen molar-refractivity contribution in [1.29, 1.82) is 0 Å². The number of hydrogen-bond acceptors (Lipinski definition) is 2. The second kappa shape index (κ2) is 4.66. The molecule has 1 aromatic carbocycles. The van der Waals surface area contributed by atoms with E-state index in [2.05, 4.69) is 35.5 Å². The molecule has 0 aliphatic rings. The number of rotatable bonds is 4. The molecule has 0 bridgehead atoms. The second-order valence-corrected chi connectivity index (χ2v) is 4.06. The van der Waals surface area contributed by atoms with Crippen LogP contribution in [0.3, 0.4) is 0 Å². The van der Waals surface area contributed by atoms with E-state index in [0.717, 1.165) is 25.3 Å². The number of aryl methyl sites for hydroxylation is 2. The van der Waals surface area contributed by atoms with Crippen molar-refractivity contribution in [3.8, 4) is 0 Å². The van der Waals surface area contributed by atoms with Gasteiger partial charge in [-0.15, -0.1) is 0 Å². The fourth-order valence-electron chi connectivity index (χ4n) is 1.80. The molecule has 0 spiro atoms. The molecule has 0 saturated carbocycles. The van der Waals surface area contributed by atoms with Crippen LogP contribution in [0, 0.1) is 13.8 Å². The van der Waals surface area contributed by atoms with Crippen LogP contribution in [0.4, 0.5) is 0 Å². The van der Waals surface area contributed by atoms with Gasteiger partial charge in [-0.3, -0.25) is 0 Å². The van der Waals surface area contributed by atoms with Crippen molar-refractivity contribution >= 4 is 11.0 Å². The van der Waals surface area contributed by atoms with E-state index < -0.39 is 0 Å². The Morgan fingerprint density at radius 1 is 1.25 bits per heavy atom. The molecule has 0 saturated heterocycles. The van der Waals surface area contributed by atoms with Gasteiger partial charge in [0, 0.05) is 13.2 Å². The SMILES string of the molecule is CCOCCn1cnc2cc(C)c(C)cc21. The smallest absolute Gasteiger partial charge is 0.0959 e. The van der Waals surface area contributed by atoms with Crippen LogP contribution in [0.2, 0.25) is 0 Å². The molecule has 0 amide bonds. The predicted octanol–water partition coefficient (Wildman–Crippen LogP) is 2.69. The molecule has 0 aliphatic carbocycles. The van der Waals surface area contributed by atoms with E-state index in [1.807, 2.05) is 13.3 Å². The minimum Gasteiger partial charge on any atom is -0.380 e. The predicted molar refractivity (Wildman–Crippen MR) is 65.7 cm³/mol. The number of ether oxygens (including phenoxy) is 1. The zero-order valence-corrected chi connectivity index (χ0v) is 10.2. The summed E-state index contributed by atoms with van der Waals surface area (Å²) in [6.45, 7) is 8.65. The summed E-state index contributed by atoms with van der Waals surface area (Å²) in [5.41, 5.74) is 4.87. The van der Waals surface area contributed by atoms with Gasteiger partial charge in [0.05, 0.1) is 24.0 Å². The first kappa shape index (κ1) is 11.1. The molecule has 0 N–H and O–H groups in total. The molecule has 2 rings (SSSR count). The highest BCUT2D eigenvalue weighted by Crippen LogP contribution is 2.18. The van der Waals surface area contributed by atoms with Crippen molar-refractivity contribution in [2.24, 2.45) is 0 Å². The van der Waals surface area contributed by atoms with E-state index in [-0.39, 0.29) is 0 Å². The van der Waals surface area contributed by atoms with Gasteiger partial charge in [-0.2, -0.15) is 0 Å². The highest BCUT2D eigenvalue weighted by atomic mass is 16.5. The van der Waals surface area contributed by atoms with Gasteiger partial charge in [0.2, 0.25) is 0 Å². The average Bonchev–Trinajstić information content (AvgIpc) is 2.63. The van der Waals surface area contributed by atoms with E-state index in [4.69, 9.17) is 4.74 Å². The van der Waals surface area contributed by atoms with Crippen LogP contribution in [-0.4, -0.2) is 22.8 Å². The van der Waals surface area contributed by atoms with Crippen molar-refractivity contribution in [2.75, 3.05) is 13.2 Å². The summed E-state index contributed by atoms with van der Waals surface area (Å²) >= 11 is 0. The fraction of sp³-hybridized carbons (Fsp3) is 0.462. The average molecular weight is 218 g/mol.